The average molecular weight is 597 g/mol. The van der Waals surface area contributed by atoms with Crippen molar-refractivity contribution in [3.63, 3.8) is 0 Å². The summed E-state index contributed by atoms with van der Waals surface area (Å²) in [5.41, 5.74) is -0.471. The summed E-state index contributed by atoms with van der Waals surface area (Å²) >= 11 is 0. The Kier molecular flexibility index (Phi) is 7.62. The minimum absolute atomic E-state index is 0.0314. The number of halogens is 3. The molecule has 9 heteroatoms. The Morgan fingerprint density at radius 1 is 1.23 bits per heavy atom. The molecule has 230 valence electrons. The molecule has 1 amide bonds. The van der Waals surface area contributed by atoms with Crippen LogP contribution in [0.4, 0.5) is 13.2 Å². The first-order valence-electron chi connectivity index (χ1n) is 15.3. The molecular weight excluding hydrogens is 557 g/mol. The van der Waals surface area contributed by atoms with Crippen molar-refractivity contribution in [1.29, 1.82) is 0 Å². The number of ether oxygens (including phenoxy) is 1. The van der Waals surface area contributed by atoms with E-state index in [1.54, 1.807) is 17.0 Å². The fourth-order valence-electron chi connectivity index (χ4n) is 8.36. The van der Waals surface area contributed by atoms with E-state index in [9.17, 15) is 28.2 Å². The van der Waals surface area contributed by atoms with E-state index in [4.69, 9.17) is 4.74 Å². The molecule has 2 fully saturated rings. The highest BCUT2D eigenvalue weighted by molar-refractivity contribution is 5.92. The van der Waals surface area contributed by atoms with Crippen LogP contribution in [0.3, 0.4) is 0 Å². The van der Waals surface area contributed by atoms with Crippen molar-refractivity contribution in [1.82, 2.24) is 9.80 Å². The molecule has 0 aromatic heterocycles. The quantitative estimate of drug-likeness (QED) is 0.216. The zero-order valence-electron chi connectivity index (χ0n) is 24.4. The van der Waals surface area contributed by atoms with Crippen molar-refractivity contribution in [3.8, 4) is 11.5 Å². The number of unbranched alkanes of at least 4 members (excludes halogenated alkanes) is 2. The van der Waals surface area contributed by atoms with E-state index >= 15 is 0 Å². The Morgan fingerprint density at radius 3 is 2.79 bits per heavy atom. The van der Waals surface area contributed by atoms with Crippen LogP contribution < -0.4 is 4.74 Å². The number of alkyl halides is 3. The fraction of sp³-hybridized carbons (Fsp3) is 0.500. The van der Waals surface area contributed by atoms with Crippen LogP contribution >= 0.6 is 0 Å². The molecule has 0 radical (unpaired) electrons. The fourth-order valence-corrected chi connectivity index (χ4v) is 8.36. The largest absolute Gasteiger partial charge is 0.504 e. The highest BCUT2D eigenvalue weighted by atomic mass is 19.4. The summed E-state index contributed by atoms with van der Waals surface area (Å²) in [5, 5.41) is 23.6. The predicted octanol–water partition coefficient (Wildman–Crippen LogP) is 5.85. The van der Waals surface area contributed by atoms with Crippen LogP contribution in [-0.4, -0.2) is 69.3 Å². The van der Waals surface area contributed by atoms with E-state index < -0.39 is 28.9 Å². The van der Waals surface area contributed by atoms with Crippen LogP contribution in [0.25, 0.3) is 6.08 Å². The molecule has 2 aliphatic heterocycles. The molecule has 1 spiro atoms. The van der Waals surface area contributed by atoms with Crippen molar-refractivity contribution in [2.45, 2.75) is 87.2 Å². The maximum atomic E-state index is 13.9. The second kappa shape index (κ2) is 11.0. The van der Waals surface area contributed by atoms with Gasteiger partial charge >= 0.3 is 6.18 Å². The lowest BCUT2D eigenvalue weighted by Crippen LogP contribution is -2.78. The summed E-state index contributed by atoms with van der Waals surface area (Å²) in [5.74, 6) is 0.133. The summed E-state index contributed by atoms with van der Waals surface area (Å²) < 4.78 is 46.5. The highest BCUT2D eigenvalue weighted by Gasteiger charge is 2.73. The Bertz CT molecular complexity index is 1440. The third-order valence-electron chi connectivity index (χ3n) is 10.2. The van der Waals surface area contributed by atoms with Gasteiger partial charge in [0.2, 0.25) is 5.91 Å². The molecule has 1 saturated heterocycles. The molecule has 43 heavy (non-hydrogen) atoms. The van der Waals surface area contributed by atoms with Crippen LogP contribution in [0.5, 0.6) is 11.5 Å². The third-order valence-corrected chi connectivity index (χ3v) is 10.2. The molecule has 6 rings (SSSR count). The van der Waals surface area contributed by atoms with Gasteiger partial charge in [-0.1, -0.05) is 44.0 Å². The number of piperidine rings is 1. The van der Waals surface area contributed by atoms with E-state index in [1.807, 2.05) is 12.1 Å². The number of carbonyl (C=O) groups is 1. The number of hydrogen-bond donors (Lipinski definition) is 2. The first-order valence-corrected chi connectivity index (χ1v) is 15.3. The number of aromatic hydroxyl groups is 1. The standard InChI is InChI=1S/C34H39F3N2O4/c1-3-5-6-18-39(28(41)13-10-22-8-7-9-24(20-22)34(35,36)37)25-14-15-33(42)27-21-23-11-12-26(40)30-29(23)32(33,31(25)43-30)16-19-38(27)17-4-2/h4,7-13,20,25,27,31,40,42H,2-3,5-6,14-19,21H2,1H3/t25-,27-,31+,32+,33-/m1/s1. The number of hydrogen-bond acceptors (Lipinski definition) is 5. The first kappa shape index (κ1) is 29.8. The number of phenolic OH excluding ortho intramolecular Hbond substituents is 1. The van der Waals surface area contributed by atoms with E-state index in [1.165, 1.54) is 18.2 Å². The minimum atomic E-state index is -4.48. The molecule has 4 aliphatic rings. The number of likely N-dealkylation sites (tertiary alicyclic amines) is 1. The number of nitrogens with zero attached hydrogens (tertiary/aromatic N) is 2. The average Bonchev–Trinajstić information content (AvgIpc) is 3.33. The van der Waals surface area contributed by atoms with Gasteiger partial charge < -0.3 is 19.8 Å². The zero-order chi connectivity index (χ0) is 30.6. The van der Waals surface area contributed by atoms with Crippen molar-refractivity contribution < 1.29 is 32.9 Å². The van der Waals surface area contributed by atoms with Gasteiger partial charge in [-0.2, -0.15) is 13.2 Å². The van der Waals surface area contributed by atoms with Crippen LogP contribution in [0, 0.1) is 0 Å². The number of amides is 1. The Balaban J connectivity index is 1.38. The van der Waals surface area contributed by atoms with Crippen LogP contribution in [0.15, 0.2) is 55.1 Å². The number of rotatable bonds is 9. The molecule has 2 bridgehead atoms. The number of benzene rings is 2. The van der Waals surface area contributed by atoms with Gasteiger partial charge in [-0.25, -0.2) is 0 Å². The molecule has 2 N–H and O–H groups in total. The molecule has 2 aromatic carbocycles. The van der Waals surface area contributed by atoms with Crippen LogP contribution in [0.1, 0.15) is 67.7 Å². The van der Waals surface area contributed by atoms with Crippen molar-refractivity contribution >= 4 is 12.0 Å². The van der Waals surface area contributed by atoms with Crippen LogP contribution in [-0.2, 0) is 22.8 Å². The lowest BCUT2D eigenvalue weighted by molar-refractivity contribution is -0.199. The van der Waals surface area contributed by atoms with Crippen LogP contribution in [0.2, 0.25) is 0 Å². The normalized spacial score (nSPS) is 29.3. The molecule has 2 aromatic rings. The lowest BCUT2D eigenvalue weighted by atomic mass is 9.48. The number of aliphatic hydroxyl groups is 1. The molecule has 2 heterocycles. The van der Waals surface area contributed by atoms with Gasteiger partial charge in [0.15, 0.2) is 11.5 Å². The number of phenols is 1. The maximum Gasteiger partial charge on any atom is 0.416 e. The van der Waals surface area contributed by atoms with E-state index in [-0.39, 0.29) is 29.3 Å². The molecular formula is C34H39F3N2O4. The molecule has 5 atom stereocenters. The van der Waals surface area contributed by atoms with Crippen molar-refractivity contribution in [2.75, 3.05) is 19.6 Å². The maximum absolute atomic E-state index is 13.9. The monoisotopic (exact) mass is 596 g/mol. The lowest BCUT2D eigenvalue weighted by Gasteiger charge is -2.64. The van der Waals surface area contributed by atoms with Gasteiger partial charge in [0.05, 0.1) is 22.6 Å². The summed E-state index contributed by atoms with van der Waals surface area (Å²) in [6.07, 6.45) is 4.42. The van der Waals surface area contributed by atoms with Gasteiger partial charge in [0.1, 0.15) is 6.10 Å². The minimum Gasteiger partial charge on any atom is -0.504 e. The van der Waals surface area contributed by atoms with Crippen molar-refractivity contribution in [3.05, 3.63) is 77.4 Å². The van der Waals surface area contributed by atoms with Gasteiger partial charge in [0, 0.05) is 30.8 Å². The summed E-state index contributed by atoms with van der Waals surface area (Å²) in [4.78, 5) is 18.0. The molecule has 1 saturated carbocycles. The molecule has 6 nitrogen and oxygen atoms in total. The smallest absolute Gasteiger partial charge is 0.416 e. The predicted molar refractivity (Wildman–Crippen MR) is 158 cm³/mol. The second-order valence-electron chi connectivity index (χ2n) is 12.4. The topological polar surface area (TPSA) is 73.2 Å². The second-order valence-corrected chi connectivity index (χ2v) is 12.4. The Labute approximate surface area is 250 Å². The Morgan fingerprint density at radius 2 is 2.05 bits per heavy atom. The van der Waals surface area contributed by atoms with E-state index in [0.29, 0.717) is 44.5 Å². The summed E-state index contributed by atoms with van der Waals surface area (Å²) in [6.45, 7) is 7.84. The third kappa shape index (κ3) is 4.67. The molecule has 0 unspecified atom stereocenters. The van der Waals surface area contributed by atoms with Gasteiger partial charge in [-0.05, 0) is 74.1 Å². The first-order chi connectivity index (χ1) is 20.5. The summed E-state index contributed by atoms with van der Waals surface area (Å²) in [7, 11) is 0. The zero-order valence-corrected chi connectivity index (χ0v) is 24.4. The van der Waals surface area contributed by atoms with E-state index in [0.717, 1.165) is 49.1 Å². The molecule has 2 aliphatic carbocycles. The highest BCUT2D eigenvalue weighted by Crippen LogP contribution is 2.65. The van der Waals surface area contributed by atoms with Crippen molar-refractivity contribution in [2.24, 2.45) is 0 Å². The van der Waals surface area contributed by atoms with Gasteiger partial charge in [0.25, 0.3) is 0 Å². The SMILES string of the molecule is C=CCN1CC[C@]23c4c5ccc(O)c4O[C@H]2[C@H](N(CCCCC)C(=O)C=Cc2cccc(C(F)(F)F)c2)CC[C@@]3(O)[C@H]1C5. The summed E-state index contributed by atoms with van der Waals surface area (Å²) in [6, 6.07) is 7.95. The van der Waals surface area contributed by atoms with Gasteiger partial charge in [-0.3, -0.25) is 9.69 Å². The van der Waals surface area contributed by atoms with Gasteiger partial charge in [-0.15, -0.1) is 6.58 Å². The Hall–Kier alpha value is -3.30. The number of carbonyl (C=O) groups excluding carboxylic acids is 1. The van der Waals surface area contributed by atoms with E-state index in [2.05, 4.69) is 18.4 Å².